The number of anilines is 1. The Kier molecular flexibility index (Phi) is 8.22. The molecule has 0 atom stereocenters. The average Bonchev–Trinajstić information content (AvgIpc) is 2.87. The number of aromatic nitrogens is 2. The normalized spacial score (nSPS) is 14.1. The van der Waals surface area contributed by atoms with Gasteiger partial charge < -0.3 is 19.5 Å². The molecule has 1 saturated heterocycles. The minimum atomic E-state index is -1.15. The number of nitrogens with zero attached hydrogens (tertiary/aromatic N) is 4. The first-order valence-corrected chi connectivity index (χ1v) is 12.0. The van der Waals surface area contributed by atoms with Gasteiger partial charge in [0.2, 0.25) is 5.95 Å². The molecule has 1 aliphatic rings. The number of ether oxygens (including phenoxy) is 2. The van der Waals surface area contributed by atoms with E-state index in [-0.39, 0.29) is 22.9 Å². The minimum absolute atomic E-state index is 0.0471. The molecule has 2 heterocycles. The number of aromatic carboxylic acids is 1. The Morgan fingerprint density at radius 1 is 1.06 bits per heavy atom. The van der Waals surface area contributed by atoms with Crippen molar-refractivity contribution in [2.24, 2.45) is 0 Å². The van der Waals surface area contributed by atoms with Gasteiger partial charge in [0.1, 0.15) is 36.1 Å². The molecule has 0 spiro atoms. The van der Waals surface area contributed by atoms with Crippen LogP contribution in [0.15, 0.2) is 42.6 Å². The van der Waals surface area contributed by atoms with Crippen molar-refractivity contribution < 1.29 is 23.8 Å². The smallest absolute Gasteiger partial charge is 0.339 e. The monoisotopic (exact) mass is 514 g/mol. The molecule has 2 aromatic carbocycles. The van der Waals surface area contributed by atoms with Crippen molar-refractivity contribution in [3.8, 4) is 11.5 Å². The van der Waals surface area contributed by atoms with E-state index in [1.165, 1.54) is 35.5 Å². The van der Waals surface area contributed by atoms with E-state index in [2.05, 4.69) is 40.8 Å². The molecule has 4 rings (SSSR count). The third-order valence-electron chi connectivity index (χ3n) is 6.16. The van der Waals surface area contributed by atoms with Crippen LogP contribution in [0.3, 0.4) is 0 Å². The van der Waals surface area contributed by atoms with Gasteiger partial charge in [-0.3, -0.25) is 4.90 Å². The lowest BCUT2D eigenvalue weighted by Crippen LogP contribution is -2.48. The van der Waals surface area contributed by atoms with Crippen LogP contribution in [0.2, 0.25) is 5.02 Å². The molecule has 0 radical (unpaired) electrons. The fourth-order valence-electron chi connectivity index (χ4n) is 3.83. The van der Waals surface area contributed by atoms with Crippen molar-refractivity contribution in [3.63, 3.8) is 0 Å². The first kappa shape index (κ1) is 25.7. The number of hydrogen-bond acceptors (Lipinski definition) is 7. The van der Waals surface area contributed by atoms with E-state index in [9.17, 15) is 14.3 Å². The van der Waals surface area contributed by atoms with Gasteiger partial charge in [-0.1, -0.05) is 17.7 Å². The summed E-state index contributed by atoms with van der Waals surface area (Å²) in [6, 6.07) is 10.1. The SMILES string of the molecule is Cc1ccc(OCCN2CCN(c3ncc(C(=O)O)c(COc4ccc(F)c(Cl)c4)n3)CC2)cc1C. The van der Waals surface area contributed by atoms with Crippen LogP contribution in [0.5, 0.6) is 11.5 Å². The molecule has 0 saturated carbocycles. The predicted molar refractivity (Wildman–Crippen MR) is 135 cm³/mol. The van der Waals surface area contributed by atoms with Crippen molar-refractivity contribution in [2.45, 2.75) is 20.5 Å². The highest BCUT2D eigenvalue weighted by Crippen LogP contribution is 2.23. The van der Waals surface area contributed by atoms with Gasteiger partial charge in [0.05, 0.1) is 10.7 Å². The van der Waals surface area contributed by atoms with Crippen LogP contribution in [0.4, 0.5) is 10.3 Å². The van der Waals surface area contributed by atoms with E-state index in [1.54, 1.807) is 0 Å². The molecule has 1 aliphatic heterocycles. The topological polar surface area (TPSA) is 88.0 Å². The molecule has 0 aliphatic carbocycles. The zero-order valence-electron chi connectivity index (χ0n) is 20.2. The number of carboxylic acids is 1. The maximum absolute atomic E-state index is 13.4. The van der Waals surface area contributed by atoms with Crippen LogP contribution in [-0.2, 0) is 6.61 Å². The summed E-state index contributed by atoms with van der Waals surface area (Å²) in [5.74, 6) is -0.0704. The Morgan fingerprint density at radius 2 is 1.78 bits per heavy atom. The molecule has 36 heavy (non-hydrogen) atoms. The molecule has 1 aromatic heterocycles. The summed E-state index contributed by atoms with van der Waals surface area (Å²) in [5.41, 5.74) is 2.64. The summed E-state index contributed by atoms with van der Waals surface area (Å²) in [5, 5.41) is 9.46. The number of rotatable bonds is 9. The lowest BCUT2D eigenvalue weighted by atomic mass is 10.1. The average molecular weight is 515 g/mol. The summed E-state index contributed by atoms with van der Waals surface area (Å²) < 4.78 is 24.9. The highest BCUT2D eigenvalue weighted by Gasteiger charge is 2.22. The summed E-state index contributed by atoms with van der Waals surface area (Å²) in [6.45, 7) is 8.45. The van der Waals surface area contributed by atoms with Gasteiger partial charge in [-0.2, -0.15) is 0 Å². The fourth-order valence-corrected chi connectivity index (χ4v) is 4.00. The van der Waals surface area contributed by atoms with Crippen LogP contribution < -0.4 is 14.4 Å². The summed E-state index contributed by atoms with van der Waals surface area (Å²) >= 11 is 5.80. The molecule has 0 bridgehead atoms. The third-order valence-corrected chi connectivity index (χ3v) is 6.45. The van der Waals surface area contributed by atoms with E-state index in [4.69, 9.17) is 21.1 Å². The van der Waals surface area contributed by atoms with Gasteiger partial charge in [0.25, 0.3) is 0 Å². The van der Waals surface area contributed by atoms with Crippen LogP contribution >= 0.6 is 11.6 Å². The molecule has 0 amide bonds. The second-order valence-corrected chi connectivity index (χ2v) is 9.03. The Balaban J connectivity index is 1.33. The molecule has 1 fully saturated rings. The second kappa shape index (κ2) is 11.5. The van der Waals surface area contributed by atoms with Gasteiger partial charge >= 0.3 is 5.97 Å². The quantitative estimate of drug-likeness (QED) is 0.450. The molecular formula is C26H28ClFN4O4. The fraction of sp³-hybridized carbons (Fsp3) is 0.346. The maximum atomic E-state index is 13.4. The maximum Gasteiger partial charge on any atom is 0.339 e. The molecule has 1 N–H and O–H groups in total. The summed E-state index contributed by atoms with van der Waals surface area (Å²) in [4.78, 5) is 24.7. The Hall–Kier alpha value is -3.43. The number of hydrogen-bond donors (Lipinski definition) is 1. The van der Waals surface area contributed by atoms with Crippen LogP contribution in [0.25, 0.3) is 0 Å². The van der Waals surface area contributed by atoms with Gasteiger partial charge in [-0.05, 0) is 49.2 Å². The summed E-state index contributed by atoms with van der Waals surface area (Å²) in [6.07, 6.45) is 1.30. The van der Waals surface area contributed by atoms with E-state index < -0.39 is 11.8 Å². The van der Waals surface area contributed by atoms with E-state index in [1.807, 2.05) is 11.0 Å². The number of aryl methyl sites for hydroxylation is 2. The van der Waals surface area contributed by atoms with Gasteiger partial charge in [0.15, 0.2) is 0 Å². The van der Waals surface area contributed by atoms with Crippen LogP contribution in [0, 0.1) is 19.7 Å². The highest BCUT2D eigenvalue weighted by molar-refractivity contribution is 6.30. The number of carbonyl (C=O) groups is 1. The Morgan fingerprint density at radius 3 is 2.47 bits per heavy atom. The first-order valence-electron chi connectivity index (χ1n) is 11.6. The number of benzene rings is 2. The zero-order valence-corrected chi connectivity index (χ0v) is 21.0. The largest absolute Gasteiger partial charge is 0.492 e. The molecule has 8 nitrogen and oxygen atoms in total. The molecule has 3 aromatic rings. The number of halogens is 2. The molecular weight excluding hydrogens is 487 g/mol. The third kappa shape index (κ3) is 6.41. The second-order valence-electron chi connectivity index (χ2n) is 8.62. The number of piperazine rings is 1. The molecule has 0 unspecified atom stereocenters. The minimum Gasteiger partial charge on any atom is -0.492 e. The number of carboxylic acid groups (broad SMARTS) is 1. The van der Waals surface area contributed by atoms with Gasteiger partial charge in [0, 0.05) is 45.0 Å². The van der Waals surface area contributed by atoms with E-state index >= 15 is 0 Å². The van der Waals surface area contributed by atoms with E-state index in [0.29, 0.717) is 31.4 Å². The van der Waals surface area contributed by atoms with E-state index in [0.717, 1.165) is 25.4 Å². The van der Waals surface area contributed by atoms with Gasteiger partial charge in [-0.15, -0.1) is 0 Å². The van der Waals surface area contributed by atoms with Crippen molar-refractivity contribution in [1.29, 1.82) is 0 Å². The zero-order chi connectivity index (χ0) is 25.7. The molecule has 10 heteroatoms. The van der Waals surface area contributed by atoms with Gasteiger partial charge in [-0.25, -0.2) is 19.2 Å². The van der Waals surface area contributed by atoms with Crippen molar-refractivity contribution >= 4 is 23.5 Å². The van der Waals surface area contributed by atoms with Crippen molar-refractivity contribution in [2.75, 3.05) is 44.2 Å². The first-order chi connectivity index (χ1) is 17.3. The van der Waals surface area contributed by atoms with Crippen LogP contribution in [0.1, 0.15) is 27.2 Å². The summed E-state index contributed by atoms with van der Waals surface area (Å²) in [7, 11) is 0. The lowest BCUT2D eigenvalue weighted by Gasteiger charge is -2.34. The van der Waals surface area contributed by atoms with Crippen molar-refractivity contribution in [1.82, 2.24) is 14.9 Å². The highest BCUT2D eigenvalue weighted by atomic mass is 35.5. The lowest BCUT2D eigenvalue weighted by molar-refractivity contribution is 0.0692. The predicted octanol–water partition coefficient (Wildman–Crippen LogP) is 4.36. The Labute approximate surface area is 214 Å². The van der Waals surface area contributed by atoms with Crippen molar-refractivity contribution in [3.05, 3.63) is 75.8 Å². The standard InChI is InChI=1S/C26H28ClFN4O4/c1-17-3-4-19(13-18(17)2)35-12-11-31-7-9-32(10-8-31)26-29-15-21(25(33)34)24(30-26)16-36-20-5-6-23(28)22(27)14-20/h3-6,13-15H,7-12,16H2,1-2H3,(H,33,34). The molecule has 190 valence electrons. The Bertz CT molecular complexity index is 1230. The van der Waals surface area contributed by atoms with Crippen LogP contribution in [-0.4, -0.2) is 65.3 Å².